The minimum absolute atomic E-state index is 0.0884. The van der Waals surface area contributed by atoms with Gasteiger partial charge in [0.15, 0.2) is 0 Å². The number of aliphatic hydroxyl groups excluding tert-OH is 1. The van der Waals surface area contributed by atoms with E-state index in [2.05, 4.69) is 16.0 Å². The number of piperidine rings is 2. The van der Waals surface area contributed by atoms with E-state index in [1.807, 2.05) is 0 Å². The van der Waals surface area contributed by atoms with Crippen molar-refractivity contribution in [2.45, 2.75) is 76.4 Å². The van der Waals surface area contributed by atoms with Crippen molar-refractivity contribution in [2.24, 2.45) is 17.8 Å². The van der Waals surface area contributed by atoms with Crippen LogP contribution in [0, 0.1) is 17.8 Å². The summed E-state index contributed by atoms with van der Waals surface area (Å²) in [6.45, 7) is 2.01. The lowest BCUT2D eigenvalue weighted by Crippen LogP contribution is -2.56. The van der Waals surface area contributed by atoms with Crippen molar-refractivity contribution in [1.82, 2.24) is 16.0 Å². The second kappa shape index (κ2) is 9.16. The SMILES string of the molecule is O=C(NC1CCC(CC2CCCCC2)CN1)C1CCC(CO)CN1. The van der Waals surface area contributed by atoms with Gasteiger partial charge in [0.05, 0.1) is 12.2 Å². The van der Waals surface area contributed by atoms with Gasteiger partial charge in [-0.25, -0.2) is 0 Å². The van der Waals surface area contributed by atoms with Crippen molar-refractivity contribution in [2.75, 3.05) is 19.7 Å². The van der Waals surface area contributed by atoms with Crippen LogP contribution < -0.4 is 16.0 Å². The number of carbonyl (C=O) groups is 1. The molecular weight excluding hydrogens is 302 g/mol. The van der Waals surface area contributed by atoms with Gasteiger partial charge in [-0.3, -0.25) is 10.1 Å². The van der Waals surface area contributed by atoms with Gasteiger partial charge in [0.1, 0.15) is 0 Å². The van der Waals surface area contributed by atoms with Gasteiger partial charge in [0.25, 0.3) is 0 Å². The van der Waals surface area contributed by atoms with E-state index in [0.29, 0.717) is 5.92 Å². The first-order valence-corrected chi connectivity index (χ1v) is 10.1. The molecule has 2 heterocycles. The Kier molecular flexibility index (Phi) is 6.93. The zero-order chi connectivity index (χ0) is 16.8. The second-order valence-corrected chi connectivity index (χ2v) is 8.24. The fourth-order valence-electron chi connectivity index (χ4n) is 4.70. The third-order valence-corrected chi connectivity index (χ3v) is 6.32. The normalized spacial score (nSPS) is 35.5. The Labute approximate surface area is 146 Å². The third-order valence-electron chi connectivity index (χ3n) is 6.32. The van der Waals surface area contributed by atoms with Crippen molar-refractivity contribution in [3.05, 3.63) is 0 Å². The molecule has 0 aromatic carbocycles. The van der Waals surface area contributed by atoms with Crippen molar-refractivity contribution in [1.29, 1.82) is 0 Å². The van der Waals surface area contributed by atoms with E-state index >= 15 is 0 Å². The number of hydrogen-bond donors (Lipinski definition) is 4. The molecule has 0 radical (unpaired) electrons. The van der Waals surface area contributed by atoms with Crippen LogP contribution in [-0.2, 0) is 4.79 Å². The van der Waals surface area contributed by atoms with Gasteiger partial charge >= 0.3 is 0 Å². The first kappa shape index (κ1) is 18.2. The standard InChI is InChI=1S/C19H35N3O2/c23-13-16-6-8-17(20-12-16)19(24)22-18-9-7-15(11-21-18)10-14-4-2-1-3-5-14/h14-18,20-21,23H,1-13H2,(H,22,24). The molecule has 0 aromatic heterocycles. The average molecular weight is 338 g/mol. The van der Waals surface area contributed by atoms with Crippen molar-refractivity contribution < 1.29 is 9.90 Å². The Balaban J connectivity index is 1.33. The summed E-state index contributed by atoms with van der Waals surface area (Å²) < 4.78 is 0. The largest absolute Gasteiger partial charge is 0.396 e. The number of amides is 1. The molecule has 3 aliphatic rings. The summed E-state index contributed by atoms with van der Waals surface area (Å²) in [6, 6.07) is -0.0884. The minimum Gasteiger partial charge on any atom is -0.396 e. The van der Waals surface area contributed by atoms with Crippen LogP contribution in [0.1, 0.15) is 64.2 Å². The molecule has 5 heteroatoms. The van der Waals surface area contributed by atoms with E-state index in [-0.39, 0.29) is 24.7 Å². The molecule has 138 valence electrons. The van der Waals surface area contributed by atoms with Gasteiger partial charge in [-0.2, -0.15) is 0 Å². The van der Waals surface area contributed by atoms with E-state index in [4.69, 9.17) is 5.11 Å². The summed E-state index contributed by atoms with van der Waals surface area (Å²) in [5.41, 5.74) is 0. The highest BCUT2D eigenvalue weighted by Crippen LogP contribution is 2.31. The molecule has 24 heavy (non-hydrogen) atoms. The summed E-state index contributed by atoms with van der Waals surface area (Å²) >= 11 is 0. The molecule has 2 saturated heterocycles. The zero-order valence-electron chi connectivity index (χ0n) is 14.9. The Hall–Kier alpha value is -0.650. The highest BCUT2D eigenvalue weighted by atomic mass is 16.3. The minimum atomic E-state index is -0.0884. The van der Waals surface area contributed by atoms with E-state index in [9.17, 15) is 4.79 Å². The van der Waals surface area contributed by atoms with Crippen LogP contribution in [0.15, 0.2) is 0 Å². The Morgan fingerprint density at radius 3 is 2.25 bits per heavy atom. The summed E-state index contributed by atoms with van der Waals surface area (Å²) in [7, 11) is 0. The number of carbonyl (C=O) groups excluding carboxylic acids is 1. The van der Waals surface area contributed by atoms with Crippen LogP contribution in [0.25, 0.3) is 0 Å². The maximum atomic E-state index is 12.4. The first-order chi connectivity index (χ1) is 11.7. The predicted molar refractivity (Wildman–Crippen MR) is 95.4 cm³/mol. The molecule has 1 aliphatic carbocycles. The predicted octanol–water partition coefficient (Wildman–Crippen LogP) is 1.76. The molecule has 4 atom stereocenters. The summed E-state index contributed by atoms with van der Waals surface area (Å²) in [6.07, 6.45) is 12.7. The van der Waals surface area contributed by atoms with Crippen LogP contribution in [0.5, 0.6) is 0 Å². The molecule has 1 saturated carbocycles. The van der Waals surface area contributed by atoms with Crippen LogP contribution in [0.2, 0.25) is 0 Å². The molecule has 3 rings (SSSR count). The maximum absolute atomic E-state index is 12.4. The topological polar surface area (TPSA) is 73.4 Å². The summed E-state index contributed by atoms with van der Waals surface area (Å²) in [5.74, 6) is 2.17. The van der Waals surface area contributed by atoms with Gasteiger partial charge < -0.3 is 15.7 Å². The van der Waals surface area contributed by atoms with Gasteiger partial charge in [0.2, 0.25) is 5.91 Å². The molecule has 4 N–H and O–H groups in total. The molecule has 0 bridgehead atoms. The third kappa shape index (κ3) is 5.17. The molecule has 3 fully saturated rings. The lowest BCUT2D eigenvalue weighted by Gasteiger charge is -2.35. The van der Waals surface area contributed by atoms with Crippen LogP contribution in [-0.4, -0.2) is 42.9 Å². The number of rotatable bonds is 5. The van der Waals surface area contributed by atoms with Gasteiger partial charge in [-0.05, 0) is 56.4 Å². The number of aliphatic hydroxyl groups is 1. The Morgan fingerprint density at radius 2 is 1.62 bits per heavy atom. The van der Waals surface area contributed by atoms with E-state index in [1.54, 1.807) is 0 Å². The molecule has 5 nitrogen and oxygen atoms in total. The van der Waals surface area contributed by atoms with Crippen LogP contribution in [0.3, 0.4) is 0 Å². The maximum Gasteiger partial charge on any atom is 0.238 e. The summed E-state index contributed by atoms with van der Waals surface area (Å²) in [5, 5.41) is 19.2. The second-order valence-electron chi connectivity index (χ2n) is 8.24. The molecule has 4 unspecified atom stereocenters. The monoisotopic (exact) mass is 337 g/mol. The van der Waals surface area contributed by atoms with E-state index < -0.39 is 0 Å². The van der Waals surface area contributed by atoms with Crippen molar-refractivity contribution in [3.63, 3.8) is 0 Å². The van der Waals surface area contributed by atoms with E-state index in [0.717, 1.165) is 44.2 Å². The number of nitrogens with one attached hydrogen (secondary N) is 3. The Morgan fingerprint density at radius 1 is 0.875 bits per heavy atom. The average Bonchev–Trinajstić information content (AvgIpc) is 2.64. The fourth-order valence-corrected chi connectivity index (χ4v) is 4.70. The lowest BCUT2D eigenvalue weighted by atomic mass is 9.80. The van der Waals surface area contributed by atoms with Crippen LogP contribution >= 0.6 is 0 Å². The van der Waals surface area contributed by atoms with Crippen molar-refractivity contribution >= 4 is 5.91 Å². The molecule has 0 aromatic rings. The van der Waals surface area contributed by atoms with Gasteiger partial charge in [0, 0.05) is 13.2 Å². The highest BCUT2D eigenvalue weighted by molar-refractivity contribution is 5.82. The van der Waals surface area contributed by atoms with Gasteiger partial charge in [-0.1, -0.05) is 32.1 Å². The number of hydrogen-bond acceptors (Lipinski definition) is 4. The lowest BCUT2D eigenvalue weighted by molar-refractivity contribution is -0.125. The quantitative estimate of drug-likeness (QED) is 0.617. The smallest absolute Gasteiger partial charge is 0.238 e. The zero-order valence-corrected chi connectivity index (χ0v) is 14.9. The molecule has 0 spiro atoms. The highest BCUT2D eigenvalue weighted by Gasteiger charge is 2.29. The van der Waals surface area contributed by atoms with Gasteiger partial charge in [-0.15, -0.1) is 0 Å². The van der Waals surface area contributed by atoms with E-state index in [1.165, 1.54) is 44.9 Å². The molecule has 1 amide bonds. The summed E-state index contributed by atoms with van der Waals surface area (Å²) in [4.78, 5) is 12.4. The van der Waals surface area contributed by atoms with Crippen molar-refractivity contribution in [3.8, 4) is 0 Å². The molecule has 2 aliphatic heterocycles. The van der Waals surface area contributed by atoms with Crippen LogP contribution in [0.4, 0.5) is 0 Å². The molecular formula is C19H35N3O2. The Bertz CT molecular complexity index is 382. The fraction of sp³-hybridized carbons (Fsp3) is 0.947. The first-order valence-electron chi connectivity index (χ1n) is 10.1.